The summed E-state index contributed by atoms with van der Waals surface area (Å²) in [5.74, 6) is 0. The molecule has 3 nitrogen and oxygen atoms in total. The van der Waals surface area contributed by atoms with Crippen LogP contribution in [0.25, 0.3) is 0 Å². The van der Waals surface area contributed by atoms with Gasteiger partial charge in [0.05, 0.1) is 23.9 Å². The molecule has 0 aliphatic carbocycles. The number of aromatic nitrogens is 1. The van der Waals surface area contributed by atoms with Crippen molar-refractivity contribution in [3.63, 3.8) is 0 Å². The number of hydrogen-bond acceptors (Lipinski definition) is 4. The first-order chi connectivity index (χ1) is 8.70. The molecule has 4 heteroatoms. The molecule has 0 aliphatic heterocycles. The molecule has 0 amide bonds. The highest BCUT2D eigenvalue weighted by Crippen LogP contribution is 2.25. The molecule has 96 valence electrons. The summed E-state index contributed by atoms with van der Waals surface area (Å²) in [6, 6.07) is 8.58. The van der Waals surface area contributed by atoms with E-state index in [1.165, 1.54) is 10.4 Å². The second-order valence-corrected chi connectivity index (χ2v) is 5.19. The quantitative estimate of drug-likeness (QED) is 0.890. The molecular formula is C14H18N2OS. The number of thiazole rings is 1. The largest absolute Gasteiger partial charge is 0.380 e. The Hall–Kier alpha value is -1.39. The van der Waals surface area contributed by atoms with Gasteiger partial charge in [0.25, 0.3) is 0 Å². The third-order valence-electron chi connectivity index (χ3n) is 2.80. The molecule has 0 saturated heterocycles. The molecule has 1 aromatic carbocycles. The molecule has 0 fully saturated rings. The van der Waals surface area contributed by atoms with Crippen LogP contribution in [-0.2, 0) is 11.3 Å². The number of ether oxygens (including phenoxy) is 1. The average Bonchev–Trinajstić information content (AvgIpc) is 2.76. The summed E-state index contributed by atoms with van der Waals surface area (Å²) in [5, 5.41) is 3.50. The predicted molar refractivity (Wildman–Crippen MR) is 76.0 cm³/mol. The van der Waals surface area contributed by atoms with Gasteiger partial charge in [-0.15, -0.1) is 11.3 Å². The summed E-state index contributed by atoms with van der Waals surface area (Å²) < 4.78 is 5.14. The Balaban J connectivity index is 2.09. The number of nitrogens with one attached hydrogen (secondary N) is 1. The van der Waals surface area contributed by atoms with Crippen molar-refractivity contribution in [1.29, 1.82) is 0 Å². The Morgan fingerprint density at radius 3 is 2.94 bits per heavy atom. The van der Waals surface area contributed by atoms with Crippen LogP contribution in [0.15, 0.2) is 29.8 Å². The lowest BCUT2D eigenvalue weighted by molar-refractivity contribution is 0.185. The smallest absolute Gasteiger partial charge is 0.0798 e. The van der Waals surface area contributed by atoms with Crippen LogP contribution in [0.3, 0.4) is 0 Å². The monoisotopic (exact) mass is 262 g/mol. The molecule has 2 rings (SSSR count). The summed E-state index contributed by atoms with van der Waals surface area (Å²) in [6.45, 7) is 4.85. The van der Waals surface area contributed by atoms with Crippen LogP contribution in [0.1, 0.15) is 29.1 Å². The Kier molecular flexibility index (Phi) is 4.33. The van der Waals surface area contributed by atoms with E-state index < -0.39 is 0 Å². The van der Waals surface area contributed by atoms with Crippen LogP contribution in [0.5, 0.6) is 0 Å². The van der Waals surface area contributed by atoms with Gasteiger partial charge in [-0.2, -0.15) is 0 Å². The van der Waals surface area contributed by atoms with Crippen LogP contribution in [0, 0.1) is 6.92 Å². The third-order valence-corrected chi connectivity index (χ3v) is 3.91. The van der Waals surface area contributed by atoms with Crippen molar-refractivity contribution in [2.24, 2.45) is 0 Å². The van der Waals surface area contributed by atoms with Crippen molar-refractivity contribution in [2.75, 3.05) is 12.4 Å². The Bertz CT molecular complexity index is 510. The number of aryl methyl sites for hydroxylation is 1. The third kappa shape index (κ3) is 3.09. The second-order valence-electron chi connectivity index (χ2n) is 4.30. The van der Waals surface area contributed by atoms with Crippen molar-refractivity contribution in [3.05, 3.63) is 45.9 Å². The van der Waals surface area contributed by atoms with Gasteiger partial charge in [-0.25, -0.2) is 4.98 Å². The molecule has 0 spiro atoms. The first-order valence-electron chi connectivity index (χ1n) is 5.95. The van der Waals surface area contributed by atoms with Gasteiger partial charge in [0.2, 0.25) is 0 Å². The van der Waals surface area contributed by atoms with Gasteiger partial charge >= 0.3 is 0 Å². The molecule has 2 aromatic rings. The number of hydrogen-bond donors (Lipinski definition) is 1. The predicted octanol–water partition coefficient (Wildman–Crippen LogP) is 3.77. The molecule has 1 atom stereocenters. The van der Waals surface area contributed by atoms with Gasteiger partial charge in [-0.3, -0.25) is 0 Å². The van der Waals surface area contributed by atoms with Crippen LogP contribution in [-0.4, -0.2) is 12.1 Å². The molecule has 1 unspecified atom stereocenters. The van der Waals surface area contributed by atoms with Gasteiger partial charge in [-0.05, 0) is 31.5 Å². The summed E-state index contributed by atoms with van der Waals surface area (Å²) in [7, 11) is 1.71. The number of methoxy groups -OCH3 is 1. The number of benzene rings is 1. The molecule has 1 heterocycles. The van der Waals surface area contributed by atoms with E-state index in [1.54, 1.807) is 18.4 Å². The lowest BCUT2D eigenvalue weighted by Gasteiger charge is -2.15. The lowest BCUT2D eigenvalue weighted by Crippen LogP contribution is -2.06. The number of rotatable bonds is 5. The Morgan fingerprint density at radius 1 is 1.44 bits per heavy atom. The van der Waals surface area contributed by atoms with E-state index in [0.29, 0.717) is 6.61 Å². The molecule has 0 bridgehead atoms. The fourth-order valence-electron chi connectivity index (χ4n) is 1.96. The molecule has 1 aromatic heterocycles. The maximum atomic E-state index is 5.14. The highest BCUT2D eigenvalue weighted by molar-refractivity contribution is 7.09. The van der Waals surface area contributed by atoms with E-state index in [-0.39, 0.29) is 6.04 Å². The zero-order valence-corrected chi connectivity index (χ0v) is 11.8. The zero-order valence-electron chi connectivity index (χ0n) is 10.9. The van der Waals surface area contributed by atoms with Crippen LogP contribution in [0.4, 0.5) is 5.69 Å². The van der Waals surface area contributed by atoms with Gasteiger partial charge in [0.15, 0.2) is 0 Å². The normalized spacial score (nSPS) is 12.4. The van der Waals surface area contributed by atoms with Crippen molar-refractivity contribution in [2.45, 2.75) is 26.5 Å². The van der Waals surface area contributed by atoms with Gasteiger partial charge in [0, 0.05) is 17.7 Å². The molecule has 0 saturated carbocycles. The van der Waals surface area contributed by atoms with E-state index in [4.69, 9.17) is 4.74 Å². The standard InChI is InChI=1S/C14H18N2OS/c1-10-14(18-9-15-10)11(2)16-13-6-4-5-12(7-13)8-17-3/h4-7,9,11,16H,8H2,1-3H3. The van der Waals surface area contributed by atoms with E-state index in [2.05, 4.69) is 35.4 Å². The highest BCUT2D eigenvalue weighted by Gasteiger charge is 2.10. The first kappa shape index (κ1) is 13.1. The maximum absolute atomic E-state index is 5.14. The van der Waals surface area contributed by atoms with Crippen molar-refractivity contribution < 1.29 is 4.74 Å². The van der Waals surface area contributed by atoms with Gasteiger partial charge in [0.1, 0.15) is 0 Å². The highest BCUT2D eigenvalue weighted by atomic mass is 32.1. The van der Waals surface area contributed by atoms with Gasteiger partial charge in [-0.1, -0.05) is 12.1 Å². The average molecular weight is 262 g/mol. The van der Waals surface area contributed by atoms with E-state index in [1.807, 2.05) is 18.5 Å². The SMILES string of the molecule is COCc1cccc(NC(C)c2scnc2C)c1. The summed E-state index contributed by atoms with van der Waals surface area (Å²) in [6.07, 6.45) is 0. The second kappa shape index (κ2) is 5.98. The van der Waals surface area contributed by atoms with E-state index >= 15 is 0 Å². The van der Waals surface area contributed by atoms with Crippen molar-refractivity contribution >= 4 is 17.0 Å². The first-order valence-corrected chi connectivity index (χ1v) is 6.83. The fraction of sp³-hybridized carbons (Fsp3) is 0.357. The zero-order chi connectivity index (χ0) is 13.0. The molecule has 0 aliphatic rings. The molecular weight excluding hydrogens is 244 g/mol. The van der Waals surface area contributed by atoms with Crippen LogP contribution < -0.4 is 5.32 Å². The minimum absolute atomic E-state index is 0.273. The molecule has 1 N–H and O–H groups in total. The number of anilines is 1. The maximum Gasteiger partial charge on any atom is 0.0798 e. The van der Waals surface area contributed by atoms with Crippen molar-refractivity contribution in [3.8, 4) is 0 Å². The minimum Gasteiger partial charge on any atom is -0.380 e. The topological polar surface area (TPSA) is 34.1 Å². The molecule has 0 radical (unpaired) electrons. The summed E-state index contributed by atoms with van der Waals surface area (Å²) in [5.41, 5.74) is 5.29. The van der Waals surface area contributed by atoms with E-state index in [9.17, 15) is 0 Å². The van der Waals surface area contributed by atoms with Crippen LogP contribution >= 0.6 is 11.3 Å². The van der Waals surface area contributed by atoms with Crippen molar-refractivity contribution in [1.82, 2.24) is 4.98 Å². The lowest BCUT2D eigenvalue weighted by atomic mass is 10.2. The summed E-state index contributed by atoms with van der Waals surface area (Å²) >= 11 is 1.69. The van der Waals surface area contributed by atoms with Crippen LogP contribution in [0.2, 0.25) is 0 Å². The van der Waals surface area contributed by atoms with Gasteiger partial charge < -0.3 is 10.1 Å². The fourth-order valence-corrected chi connectivity index (χ4v) is 2.77. The Morgan fingerprint density at radius 2 is 2.28 bits per heavy atom. The Labute approximate surface area is 112 Å². The van der Waals surface area contributed by atoms with E-state index in [0.717, 1.165) is 11.4 Å². The number of nitrogens with zero attached hydrogens (tertiary/aromatic N) is 1. The summed E-state index contributed by atoms with van der Waals surface area (Å²) in [4.78, 5) is 5.57. The molecule has 18 heavy (non-hydrogen) atoms. The minimum atomic E-state index is 0.273.